The summed E-state index contributed by atoms with van der Waals surface area (Å²) in [5.74, 6) is -0.186. The van der Waals surface area contributed by atoms with E-state index in [2.05, 4.69) is 0 Å². The van der Waals surface area contributed by atoms with Crippen LogP contribution in [0.1, 0.15) is 30.1 Å². The van der Waals surface area contributed by atoms with Gasteiger partial charge in [-0.25, -0.2) is 0 Å². The third-order valence-electron chi connectivity index (χ3n) is 3.59. The lowest BCUT2D eigenvalue weighted by Crippen LogP contribution is -2.37. The summed E-state index contributed by atoms with van der Waals surface area (Å²) >= 11 is 0. The molecule has 2 N–H and O–H groups in total. The van der Waals surface area contributed by atoms with E-state index in [0.29, 0.717) is 18.7 Å². The Hall–Kier alpha value is -2.15. The molecule has 0 radical (unpaired) electrons. The first-order valence-corrected chi connectivity index (χ1v) is 6.97. The zero-order chi connectivity index (χ0) is 15.4. The second-order valence-corrected chi connectivity index (χ2v) is 5.01. The number of benzene rings is 1. The predicted molar refractivity (Wildman–Crippen MR) is 78.1 cm³/mol. The minimum atomic E-state index is -0.562. The molecular weight excluding hydrogens is 274 g/mol. The predicted octanol–water partition coefficient (Wildman–Crippen LogP) is 1.82. The molecule has 1 amide bonds. The SMILES string of the molecule is CCN(CC1CCCO1)C(=O)c1ccc([N+](=O)[O-])c(N)c1. The molecule has 21 heavy (non-hydrogen) atoms. The number of carbonyl (C=O) groups excluding carboxylic acids is 1. The van der Waals surface area contributed by atoms with Crippen LogP contribution < -0.4 is 5.73 Å². The molecule has 1 heterocycles. The van der Waals surface area contributed by atoms with Crippen LogP contribution in [-0.4, -0.2) is 41.5 Å². The quantitative estimate of drug-likeness (QED) is 0.507. The van der Waals surface area contributed by atoms with Crippen LogP contribution in [0.4, 0.5) is 11.4 Å². The van der Waals surface area contributed by atoms with E-state index < -0.39 is 4.92 Å². The van der Waals surface area contributed by atoms with Crippen LogP contribution in [0.25, 0.3) is 0 Å². The summed E-state index contributed by atoms with van der Waals surface area (Å²) in [7, 11) is 0. The fourth-order valence-corrected chi connectivity index (χ4v) is 2.43. The number of nitrogen functional groups attached to an aromatic ring is 1. The summed E-state index contributed by atoms with van der Waals surface area (Å²) in [6, 6.07) is 4.07. The van der Waals surface area contributed by atoms with Crippen LogP contribution >= 0.6 is 0 Å². The number of nitrogens with two attached hydrogens (primary N) is 1. The summed E-state index contributed by atoms with van der Waals surface area (Å²) in [4.78, 5) is 24.3. The van der Waals surface area contributed by atoms with Crippen molar-refractivity contribution in [2.45, 2.75) is 25.9 Å². The molecule has 0 aliphatic carbocycles. The van der Waals surface area contributed by atoms with Gasteiger partial charge in [-0.1, -0.05) is 0 Å². The van der Waals surface area contributed by atoms with Gasteiger partial charge < -0.3 is 15.4 Å². The Morgan fingerprint density at radius 3 is 2.86 bits per heavy atom. The molecule has 7 nitrogen and oxygen atoms in total. The Balaban J connectivity index is 2.13. The molecule has 0 aromatic heterocycles. The number of nitro groups is 1. The average molecular weight is 293 g/mol. The van der Waals surface area contributed by atoms with Crippen LogP contribution in [0.2, 0.25) is 0 Å². The molecule has 7 heteroatoms. The molecule has 1 atom stereocenters. The van der Waals surface area contributed by atoms with Gasteiger partial charge in [0, 0.05) is 31.3 Å². The molecule has 1 aromatic carbocycles. The minimum absolute atomic E-state index is 0.000908. The van der Waals surface area contributed by atoms with Gasteiger partial charge in [-0.2, -0.15) is 0 Å². The van der Waals surface area contributed by atoms with Gasteiger partial charge in [-0.3, -0.25) is 14.9 Å². The van der Waals surface area contributed by atoms with Gasteiger partial charge in [0.25, 0.3) is 11.6 Å². The minimum Gasteiger partial charge on any atom is -0.393 e. The maximum Gasteiger partial charge on any atom is 0.292 e. The molecule has 1 aliphatic rings. The molecule has 0 spiro atoms. The van der Waals surface area contributed by atoms with Gasteiger partial charge in [0.05, 0.1) is 11.0 Å². The lowest BCUT2D eigenvalue weighted by molar-refractivity contribution is -0.383. The summed E-state index contributed by atoms with van der Waals surface area (Å²) in [6.45, 7) is 3.71. The van der Waals surface area contributed by atoms with Crippen molar-refractivity contribution >= 4 is 17.3 Å². The van der Waals surface area contributed by atoms with Gasteiger partial charge in [0.1, 0.15) is 5.69 Å². The number of hydrogen-bond donors (Lipinski definition) is 1. The number of anilines is 1. The van der Waals surface area contributed by atoms with Gasteiger partial charge >= 0.3 is 0 Å². The average Bonchev–Trinajstić information content (AvgIpc) is 2.96. The van der Waals surface area contributed by atoms with E-state index in [1.807, 2.05) is 6.92 Å². The summed E-state index contributed by atoms with van der Waals surface area (Å²) in [5.41, 5.74) is 5.80. The van der Waals surface area contributed by atoms with Crippen LogP contribution in [0.3, 0.4) is 0 Å². The monoisotopic (exact) mass is 293 g/mol. The second kappa shape index (κ2) is 6.53. The maximum atomic E-state index is 12.4. The van der Waals surface area contributed by atoms with E-state index in [4.69, 9.17) is 10.5 Å². The first kappa shape index (κ1) is 15.2. The number of nitrogens with zero attached hydrogens (tertiary/aromatic N) is 2. The molecule has 1 fully saturated rings. The summed E-state index contributed by atoms with van der Waals surface area (Å²) < 4.78 is 5.54. The van der Waals surface area contributed by atoms with E-state index in [1.165, 1.54) is 18.2 Å². The Morgan fingerprint density at radius 2 is 2.33 bits per heavy atom. The topological polar surface area (TPSA) is 98.7 Å². The van der Waals surface area contributed by atoms with Gasteiger partial charge in [-0.05, 0) is 31.9 Å². The molecule has 1 aliphatic heterocycles. The van der Waals surface area contributed by atoms with E-state index in [1.54, 1.807) is 4.90 Å². The second-order valence-electron chi connectivity index (χ2n) is 5.01. The van der Waals surface area contributed by atoms with Crippen LogP contribution in [-0.2, 0) is 4.74 Å². The Morgan fingerprint density at radius 1 is 1.57 bits per heavy atom. The molecule has 1 aromatic rings. The molecular formula is C14H19N3O4. The van der Waals surface area contributed by atoms with E-state index in [-0.39, 0.29) is 23.4 Å². The number of carbonyl (C=O) groups is 1. The first-order chi connectivity index (χ1) is 10.0. The lowest BCUT2D eigenvalue weighted by atomic mass is 10.1. The van der Waals surface area contributed by atoms with Crippen LogP contribution in [0.15, 0.2) is 18.2 Å². The fourth-order valence-electron chi connectivity index (χ4n) is 2.43. The van der Waals surface area contributed by atoms with Crippen molar-refractivity contribution in [2.24, 2.45) is 0 Å². The molecule has 0 bridgehead atoms. The highest BCUT2D eigenvalue weighted by atomic mass is 16.6. The van der Waals surface area contributed by atoms with Crippen molar-refractivity contribution in [3.8, 4) is 0 Å². The van der Waals surface area contributed by atoms with Crippen LogP contribution in [0.5, 0.6) is 0 Å². The third-order valence-corrected chi connectivity index (χ3v) is 3.59. The van der Waals surface area contributed by atoms with Crippen LogP contribution in [0, 0.1) is 10.1 Å². The smallest absolute Gasteiger partial charge is 0.292 e. The largest absolute Gasteiger partial charge is 0.393 e. The zero-order valence-corrected chi connectivity index (χ0v) is 11.9. The Kier molecular flexibility index (Phi) is 4.74. The highest BCUT2D eigenvalue weighted by Crippen LogP contribution is 2.23. The van der Waals surface area contributed by atoms with Gasteiger partial charge in [0.15, 0.2) is 0 Å². The number of likely N-dealkylation sites (N-methyl/N-ethyl adjacent to an activating group) is 1. The Labute approximate surface area is 122 Å². The zero-order valence-electron chi connectivity index (χ0n) is 11.9. The van der Waals surface area contributed by atoms with Gasteiger partial charge in [-0.15, -0.1) is 0 Å². The van der Waals surface area contributed by atoms with Crippen molar-refractivity contribution in [1.82, 2.24) is 4.90 Å². The molecule has 1 saturated heterocycles. The number of amides is 1. The van der Waals surface area contributed by atoms with Gasteiger partial charge in [0.2, 0.25) is 0 Å². The molecule has 114 valence electrons. The van der Waals surface area contributed by atoms with Crippen molar-refractivity contribution in [3.05, 3.63) is 33.9 Å². The van der Waals surface area contributed by atoms with Crippen molar-refractivity contribution in [2.75, 3.05) is 25.4 Å². The highest BCUT2D eigenvalue weighted by Gasteiger charge is 2.23. The van der Waals surface area contributed by atoms with E-state index in [9.17, 15) is 14.9 Å². The number of ether oxygens (including phenoxy) is 1. The molecule has 1 unspecified atom stereocenters. The number of nitro benzene ring substituents is 1. The highest BCUT2D eigenvalue weighted by molar-refractivity contribution is 5.95. The fraction of sp³-hybridized carbons (Fsp3) is 0.500. The van der Waals surface area contributed by atoms with E-state index in [0.717, 1.165) is 19.4 Å². The molecule has 0 saturated carbocycles. The van der Waals surface area contributed by atoms with Crippen molar-refractivity contribution in [1.29, 1.82) is 0 Å². The normalized spacial score (nSPS) is 17.7. The number of hydrogen-bond acceptors (Lipinski definition) is 5. The first-order valence-electron chi connectivity index (χ1n) is 6.97. The standard InChI is InChI=1S/C14H19N3O4/c1-2-16(9-11-4-3-7-21-11)14(18)10-5-6-13(17(19)20)12(15)8-10/h5-6,8,11H,2-4,7,9,15H2,1H3. The number of rotatable bonds is 5. The third kappa shape index (κ3) is 3.49. The van der Waals surface area contributed by atoms with E-state index >= 15 is 0 Å². The van der Waals surface area contributed by atoms with Crippen molar-refractivity contribution in [3.63, 3.8) is 0 Å². The summed E-state index contributed by atoms with van der Waals surface area (Å²) in [6.07, 6.45) is 2.04. The summed E-state index contributed by atoms with van der Waals surface area (Å²) in [5, 5.41) is 10.7. The maximum absolute atomic E-state index is 12.4. The van der Waals surface area contributed by atoms with Crippen molar-refractivity contribution < 1.29 is 14.5 Å². The molecule has 2 rings (SSSR count). The Bertz CT molecular complexity index is 541. The lowest BCUT2D eigenvalue weighted by Gasteiger charge is -2.24.